The first kappa shape index (κ1) is 21.9. The van der Waals surface area contributed by atoms with Crippen LogP contribution in [0.15, 0.2) is 11.1 Å². The number of amides is 1. The van der Waals surface area contributed by atoms with Gasteiger partial charge < -0.3 is 5.32 Å². The normalized spacial score (nSPS) is 25.0. The molecule has 2 aliphatic rings. The second-order valence-corrected chi connectivity index (χ2v) is 8.67. The van der Waals surface area contributed by atoms with E-state index in [0.717, 1.165) is 11.8 Å². The molecule has 2 atom stereocenters. The molecule has 1 saturated carbocycles. The van der Waals surface area contributed by atoms with Crippen molar-refractivity contribution in [3.05, 3.63) is 22.4 Å². The van der Waals surface area contributed by atoms with E-state index in [2.05, 4.69) is 10.4 Å². The van der Waals surface area contributed by atoms with E-state index in [9.17, 15) is 22.4 Å². The first-order valence-corrected chi connectivity index (χ1v) is 10.5. The van der Waals surface area contributed by atoms with E-state index >= 15 is 0 Å². The molecule has 0 spiro atoms. The summed E-state index contributed by atoms with van der Waals surface area (Å²) in [5.74, 6) is -4.01. The number of carbonyl (C=O) groups excluding carboxylic acids is 1. The maximum Gasteiger partial charge on any atom is 0.312 e. The Kier molecular flexibility index (Phi) is 6.12. The number of allylic oxidation sites excluding steroid dienone is 1. The Morgan fingerprint density at radius 2 is 2.14 bits per heavy atom. The van der Waals surface area contributed by atoms with Crippen LogP contribution in [0.3, 0.4) is 0 Å². The number of hydrogen-bond donors (Lipinski definition) is 1. The fourth-order valence-corrected chi connectivity index (χ4v) is 5.04. The number of nitrogens with one attached hydrogen (secondary N) is 1. The van der Waals surface area contributed by atoms with Crippen molar-refractivity contribution < 1.29 is 26.9 Å². The third kappa shape index (κ3) is 4.08. The van der Waals surface area contributed by atoms with E-state index in [-0.39, 0.29) is 34.4 Å². The summed E-state index contributed by atoms with van der Waals surface area (Å²) in [7, 11) is 3.21. The lowest BCUT2D eigenvalue weighted by Gasteiger charge is -2.36. The molecule has 2 unspecified atom stereocenters. The van der Waals surface area contributed by atoms with Crippen molar-refractivity contribution in [3.8, 4) is 0 Å². The van der Waals surface area contributed by atoms with Crippen LogP contribution in [-0.2, 0) is 11.8 Å². The van der Waals surface area contributed by atoms with Crippen molar-refractivity contribution in [2.45, 2.75) is 51.5 Å². The molecule has 10 heteroatoms. The number of aromatic nitrogens is 2. The number of rotatable bonds is 4. The van der Waals surface area contributed by atoms with Crippen LogP contribution < -0.4 is 5.32 Å². The maximum absolute atomic E-state index is 14.3. The van der Waals surface area contributed by atoms with Gasteiger partial charge in [-0.25, -0.2) is 17.6 Å². The summed E-state index contributed by atoms with van der Waals surface area (Å²) in [5.41, 5.74) is 1.51. The fourth-order valence-electron chi connectivity index (χ4n) is 3.91. The molecule has 3 rings (SSSR count). The molecule has 0 saturated heterocycles. The maximum atomic E-state index is 14.3. The SMILES string of the molecule is Cc1c(C2=C(C(F)F)SCC(C(=O)NC3C(C)CCCC3(F)F)=[N+]2C)cnn1C. The number of thioether (sulfide) groups is 1. The van der Waals surface area contributed by atoms with Crippen LogP contribution in [-0.4, -0.2) is 57.2 Å². The zero-order valence-corrected chi connectivity index (χ0v) is 17.6. The predicted molar refractivity (Wildman–Crippen MR) is 104 cm³/mol. The second-order valence-electron chi connectivity index (χ2n) is 7.66. The lowest BCUT2D eigenvalue weighted by molar-refractivity contribution is -0.396. The minimum atomic E-state index is -2.99. The van der Waals surface area contributed by atoms with Crippen LogP contribution in [0, 0.1) is 12.8 Å². The Bertz CT molecular complexity index is 878. The van der Waals surface area contributed by atoms with Crippen molar-refractivity contribution in [1.29, 1.82) is 0 Å². The highest BCUT2D eigenvalue weighted by Gasteiger charge is 2.47. The Labute approximate surface area is 171 Å². The fraction of sp³-hybridized carbons (Fsp3) is 0.632. The molecular formula is C19H25F4N4OS+. The van der Waals surface area contributed by atoms with Crippen LogP contribution >= 0.6 is 11.8 Å². The molecule has 1 amide bonds. The molecule has 1 fully saturated rings. The van der Waals surface area contributed by atoms with E-state index in [1.165, 1.54) is 17.8 Å². The third-order valence-electron chi connectivity index (χ3n) is 5.77. The van der Waals surface area contributed by atoms with E-state index < -0.39 is 24.3 Å². The number of aryl methyl sites for hydroxylation is 1. The van der Waals surface area contributed by atoms with Gasteiger partial charge in [-0.15, -0.1) is 11.8 Å². The summed E-state index contributed by atoms with van der Waals surface area (Å²) in [6, 6.07) is -1.27. The van der Waals surface area contributed by atoms with Gasteiger partial charge in [0, 0.05) is 19.2 Å². The highest BCUT2D eigenvalue weighted by molar-refractivity contribution is 8.04. The topological polar surface area (TPSA) is 49.9 Å². The van der Waals surface area contributed by atoms with E-state index in [1.807, 2.05) is 0 Å². The van der Waals surface area contributed by atoms with Crippen LogP contribution in [0.25, 0.3) is 5.70 Å². The van der Waals surface area contributed by atoms with Crippen LogP contribution in [0.5, 0.6) is 0 Å². The average molecular weight is 433 g/mol. The molecule has 29 heavy (non-hydrogen) atoms. The van der Waals surface area contributed by atoms with Gasteiger partial charge in [-0.05, 0) is 25.7 Å². The Morgan fingerprint density at radius 3 is 2.69 bits per heavy atom. The third-order valence-corrected chi connectivity index (χ3v) is 6.87. The van der Waals surface area contributed by atoms with E-state index in [0.29, 0.717) is 24.1 Å². The number of carbonyl (C=O) groups is 1. The molecule has 0 bridgehead atoms. The largest absolute Gasteiger partial charge is 0.338 e. The van der Waals surface area contributed by atoms with E-state index in [1.54, 1.807) is 25.6 Å². The van der Waals surface area contributed by atoms with Crippen LogP contribution in [0.1, 0.15) is 37.4 Å². The molecule has 5 nitrogen and oxygen atoms in total. The number of nitrogens with zero attached hydrogens (tertiary/aromatic N) is 3. The summed E-state index contributed by atoms with van der Waals surface area (Å²) in [6.45, 7) is 3.44. The predicted octanol–water partition coefficient (Wildman–Crippen LogP) is 3.43. The van der Waals surface area contributed by atoms with Crippen molar-refractivity contribution in [1.82, 2.24) is 15.1 Å². The standard InChI is InChI=1S/C19H24F4N4OS/c1-10-6-5-7-19(22,23)16(10)25-18(28)13-9-29-15(17(20)21)14(26(13)3)12-8-24-27(4)11(12)2/h8,10,16-17H,5-7,9H2,1-4H3/p+1. The van der Waals surface area contributed by atoms with Crippen molar-refractivity contribution in [3.63, 3.8) is 0 Å². The smallest absolute Gasteiger partial charge is 0.312 e. The lowest BCUT2D eigenvalue weighted by Crippen LogP contribution is -2.56. The van der Waals surface area contributed by atoms with Crippen LogP contribution in [0.4, 0.5) is 17.6 Å². The minimum absolute atomic E-state index is 0.0164. The van der Waals surface area contributed by atoms with E-state index in [4.69, 9.17) is 0 Å². The first-order valence-electron chi connectivity index (χ1n) is 9.47. The molecule has 0 aromatic carbocycles. The Balaban J connectivity index is 1.98. The monoisotopic (exact) mass is 433 g/mol. The molecular weight excluding hydrogens is 408 g/mol. The zero-order valence-electron chi connectivity index (χ0n) is 16.8. The summed E-state index contributed by atoms with van der Waals surface area (Å²) >= 11 is 0.861. The molecule has 1 aromatic heterocycles. The second kappa shape index (κ2) is 8.12. The van der Waals surface area contributed by atoms with Gasteiger partial charge in [-0.2, -0.15) is 9.67 Å². The minimum Gasteiger partial charge on any atom is -0.338 e. The van der Waals surface area contributed by atoms with Crippen molar-refractivity contribution in [2.75, 3.05) is 12.8 Å². The molecule has 1 aliphatic heterocycles. The molecule has 2 heterocycles. The lowest BCUT2D eigenvalue weighted by atomic mass is 9.83. The number of halogens is 4. The number of alkyl halides is 4. The molecule has 1 aliphatic carbocycles. The van der Waals surface area contributed by atoms with Gasteiger partial charge in [0.15, 0.2) is 0 Å². The summed E-state index contributed by atoms with van der Waals surface area (Å²) in [6.07, 6.45) is -0.488. The number of hydrogen-bond acceptors (Lipinski definition) is 3. The summed E-state index contributed by atoms with van der Waals surface area (Å²) < 4.78 is 59.0. The molecule has 0 radical (unpaired) electrons. The van der Waals surface area contributed by atoms with Gasteiger partial charge in [0.25, 0.3) is 18.1 Å². The average Bonchev–Trinajstić information content (AvgIpc) is 2.96. The van der Waals surface area contributed by atoms with Gasteiger partial charge in [-0.3, -0.25) is 9.48 Å². The van der Waals surface area contributed by atoms with Crippen LogP contribution in [0.2, 0.25) is 0 Å². The first-order chi connectivity index (χ1) is 13.5. The summed E-state index contributed by atoms with van der Waals surface area (Å²) in [4.78, 5) is 12.7. The van der Waals surface area contributed by atoms with Gasteiger partial charge in [0.1, 0.15) is 12.0 Å². The van der Waals surface area contributed by atoms with Gasteiger partial charge in [0.2, 0.25) is 5.70 Å². The zero-order chi connectivity index (χ0) is 21.5. The van der Waals surface area contributed by atoms with Crippen molar-refractivity contribution in [2.24, 2.45) is 13.0 Å². The molecule has 160 valence electrons. The van der Waals surface area contributed by atoms with Crippen molar-refractivity contribution >= 4 is 29.1 Å². The summed E-state index contributed by atoms with van der Waals surface area (Å²) in [5, 5.41) is 6.59. The molecule has 1 N–H and O–H groups in total. The van der Waals surface area contributed by atoms with Gasteiger partial charge in [0.05, 0.1) is 23.6 Å². The quantitative estimate of drug-likeness (QED) is 0.585. The van der Waals surface area contributed by atoms with Gasteiger partial charge in [-0.1, -0.05) is 6.92 Å². The van der Waals surface area contributed by atoms with Gasteiger partial charge >= 0.3 is 5.91 Å². The Morgan fingerprint density at radius 1 is 1.45 bits per heavy atom. The highest BCUT2D eigenvalue weighted by Crippen LogP contribution is 2.38. The highest BCUT2D eigenvalue weighted by atomic mass is 32.2. The Hall–Kier alpha value is -1.84. The molecule has 1 aromatic rings.